The highest BCUT2D eigenvalue weighted by Crippen LogP contribution is 2.49. The van der Waals surface area contributed by atoms with Crippen molar-refractivity contribution >= 4 is 17.5 Å². The van der Waals surface area contributed by atoms with Crippen molar-refractivity contribution in [2.24, 2.45) is 17.8 Å². The predicted octanol–water partition coefficient (Wildman–Crippen LogP) is 3.94. The first-order valence-corrected chi connectivity index (χ1v) is 9.41. The molecule has 1 aromatic carbocycles. The molecule has 2 fully saturated rings. The van der Waals surface area contributed by atoms with Crippen LogP contribution < -0.4 is 14.8 Å². The third-order valence-electron chi connectivity index (χ3n) is 5.68. The number of carbonyl (C=O) groups excluding carboxylic acids is 1. The van der Waals surface area contributed by atoms with E-state index in [1.165, 1.54) is 25.7 Å². The van der Waals surface area contributed by atoms with Gasteiger partial charge in [-0.2, -0.15) is 0 Å². The Bertz CT molecular complexity index is 633. The van der Waals surface area contributed by atoms with Crippen LogP contribution in [0.2, 0.25) is 5.02 Å². The summed E-state index contributed by atoms with van der Waals surface area (Å²) in [4.78, 5) is 12.3. The van der Waals surface area contributed by atoms with Crippen molar-refractivity contribution in [2.45, 2.75) is 45.1 Å². The van der Waals surface area contributed by atoms with Crippen molar-refractivity contribution in [2.75, 3.05) is 13.2 Å². The molecule has 0 aromatic heterocycles. The molecule has 2 saturated carbocycles. The Hall–Kier alpha value is -1.42. The molecule has 4 rings (SSSR count). The van der Waals surface area contributed by atoms with E-state index >= 15 is 0 Å². The molecule has 24 heavy (non-hydrogen) atoms. The van der Waals surface area contributed by atoms with Crippen LogP contribution in [0.15, 0.2) is 12.1 Å². The van der Waals surface area contributed by atoms with Crippen molar-refractivity contribution in [3.8, 4) is 11.5 Å². The van der Waals surface area contributed by atoms with E-state index < -0.39 is 0 Å². The van der Waals surface area contributed by atoms with E-state index in [2.05, 4.69) is 5.32 Å². The Morgan fingerprint density at radius 3 is 2.88 bits per heavy atom. The Balaban J connectivity index is 1.34. The minimum atomic E-state index is 0.149. The first kappa shape index (κ1) is 16.1. The van der Waals surface area contributed by atoms with Gasteiger partial charge >= 0.3 is 0 Å². The van der Waals surface area contributed by atoms with Crippen LogP contribution in [0.5, 0.6) is 11.5 Å². The fraction of sp³-hybridized carbons (Fsp3) is 0.632. The molecule has 1 heterocycles. The highest BCUT2D eigenvalue weighted by Gasteiger charge is 2.40. The zero-order valence-electron chi connectivity index (χ0n) is 13.9. The topological polar surface area (TPSA) is 47.6 Å². The second kappa shape index (κ2) is 6.83. The average Bonchev–Trinajstić information content (AvgIpc) is 3.09. The van der Waals surface area contributed by atoms with Crippen molar-refractivity contribution < 1.29 is 14.3 Å². The van der Waals surface area contributed by atoms with Gasteiger partial charge in [0, 0.05) is 19.4 Å². The van der Waals surface area contributed by atoms with Crippen molar-refractivity contribution in [1.29, 1.82) is 0 Å². The molecule has 1 amide bonds. The fourth-order valence-electron chi connectivity index (χ4n) is 4.52. The third kappa shape index (κ3) is 3.34. The number of fused-ring (bicyclic) bond motifs is 3. The van der Waals surface area contributed by atoms with Gasteiger partial charge in [-0.05, 0) is 54.7 Å². The summed E-state index contributed by atoms with van der Waals surface area (Å²) >= 11 is 6.30. The van der Waals surface area contributed by atoms with Crippen molar-refractivity contribution in [3.63, 3.8) is 0 Å². The third-order valence-corrected chi connectivity index (χ3v) is 5.96. The van der Waals surface area contributed by atoms with Gasteiger partial charge in [0.25, 0.3) is 0 Å². The zero-order chi connectivity index (χ0) is 16.5. The molecule has 1 N–H and O–H groups in total. The van der Waals surface area contributed by atoms with Gasteiger partial charge in [-0.3, -0.25) is 4.79 Å². The number of amides is 1. The van der Waals surface area contributed by atoms with Crippen LogP contribution in [0, 0.1) is 17.8 Å². The molecule has 3 atom stereocenters. The van der Waals surface area contributed by atoms with Gasteiger partial charge in [0.1, 0.15) is 0 Å². The average molecular weight is 350 g/mol. The lowest BCUT2D eigenvalue weighted by Crippen LogP contribution is -2.26. The Kier molecular flexibility index (Phi) is 4.57. The molecule has 5 heteroatoms. The number of halogens is 1. The summed E-state index contributed by atoms with van der Waals surface area (Å²) in [5.74, 6) is 3.71. The molecule has 1 aromatic rings. The summed E-state index contributed by atoms with van der Waals surface area (Å²) in [6.45, 7) is 1.73. The van der Waals surface area contributed by atoms with E-state index in [0.29, 0.717) is 48.6 Å². The normalized spacial score (nSPS) is 27.8. The number of hydrogen-bond acceptors (Lipinski definition) is 3. The molecule has 0 radical (unpaired) electrons. The molecule has 3 aliphatic rings. The summed E-state index contributed by atoms with van der Waals surface area (Å²) in [6, 6.07) is 3.78. The summed E-state index contributed by atoms with van der Waals surface area (Å²) in [6.07, 6.45) is 6.79. The molecule has 2 bridgehead atoms. The Morgan fingerprint density at radius 1 is 1.21 bits per heavy atom. The van der Waals surface area contributed by atoms with Crippen LogP contribution in [-0.4, -0.2) is 19.1 Å². The highest BCUT2D eigenvalue weighted by molar-refractivity contribution is 6.32. The smallest absolute Gasteiger partial charge is 0.220 e. The zero-order valence-corrected chi connectivity index (χ0v) is 14.6. The standard InChI is InChI=1S/C19H24ClNO3/c20-16-8-13(9-17-19(16)24-5-1-4-23-17)11-21-18(22)10-15-7-12-2-3-14(15)6-12/h8-9,12,14-15H,1-7,10-11H2,(H,21,22)/t12-,14+,15-/m0/s1. The van der Waals surface area contributed by atoms with Crippen molar-refractivity contribution in [1.82, 2.24) is 5.32 Å². The Labute approximate surface area is 147 Å². The molecule has 1 aliphatic heterocycles. The summed E-state index contributed by atoms with van der Waals surface area (Å²) in [5.41, 5.74) is 0.950. The fourth-order valence-corrected chi connectivity index (χ4v) is 4.81. The predicted molar refractivity (Wildman–Crippen MR) is 92.5 cm³/mol. The lowest BCUT2D eigenvalue weighted by Gasteiger charge is -2.21. The van der Waals surface area contributed by atoms with Gasteiger partial charge in [0.15, 0.2) is 11.5 Å². The maximum atomic E-state index is 12.3. The lowest BCUT2D eigenvalue weighted by atomic mass is 9.86. The van der Waals surface area contributed by atoms with E-state index in [0.717, 1.165) is 23.8 Å². The van der Waals surface area contributed by atoms with Crippen LogP contribution >= 0.6 is 11.6 Å². The number of nitrogens with one attached hydrogen (secondary N) is 1. The molecular weight excluding hydrogens is 326 g/mol. The summed E-state index contributed by atoms with van der Waals surface area (Å²) in [7, 11) is 0. The number of carbonyl (C=O) groups is 1. The highest BCUT2D eigenvalue weighted by atomic mass is 35.5. The van der Waals surface area contributed by atoms with Gasteiger partial charge in [-0.15, -0.1) is 0 Å². The van der Waals surface area contributed by atoms with E-state index in [-0.39, 0.29) is 5.91 Å². The van der Waals surface area contributed by atoms with Crippen molar-refractivity contribution in [3.05, 3.63) is 22.7 Å². The van der Waals surface area contributed by atoms with Crippen LogP contribution in [0.4, 0.5) is 0 Å². The van der Waals surface area contributed by atoms with E-state index in [4.69, 9.17) is 21.1 Å². The first-order valence-electron chi connectivity index (χ1n) is 9.04. The van der Waals surface area contributed by atoms with Gasteiger partial charge in [-0.1, -0.05) is 18.0 Å². The minimum Gasteiger partial charge on any atom is -0.489 e. The van der Waals surface area contributed by atoms with Crippen LogP contribution in [0.25, 0.3) is 0 Å². The van der Waals surface area contributed by atoms with E-state index in [9.17, 15) is 4.79 Å². The largest absolute Gasteiger partial charge is 0.489 e. The molecule has 0 spiro atoms. The number of benzene rings is 1. The number of hydrogen-bond donors (Lipinski definition) is 1. The molecule has 2 aliphatic carbocycles. The van der Waals surface area contributed by atoms with Crippen LogP contribution in [-0.2, 0) is 11.3 Å². The summed E-state index contributed by atoms with van der Waals surface area (Å²) < 4.78 is 11.3. The molecule has 0 saturated heterocycles. The summed E-state index contributed by atoms with van der Waals surface area (Å²) in [5, 5.41) is 3.59. The second-order valence-electron chi connectivity index (χ2n) is 7.37. The van der Waals surface area contributed by atoms with Gasteiger partial charge in [0.2, 0.25) is 5.91 Å². The maximum absolute atomic E-state index is 12.3. The van der Waals surface area contributed by atoms with Gasteiger partial charge in [-0.25, -0.2) is 0 Å². The number of ether oxygens (including phenoxy) is 2. The molecule has 0 unspecified atom stereocenters. The number of rotatable bonds is 4. The molecule has 4 nitrogen and oxygen atoms in total. The van der Waals surface area contributed by atoms with Crippen LogP contribution in [0.3, 0.4) is 0 Å². The van der Waals surface area contributed by atoms with Gasteiger partial charge in [0.05, 0.1) is 18.2 Å². The quantitative estimate of drug-likeness (QED) is 0.895. The van der Waals surface area contributed by atoms with E-state index in [1.807, 2.05) is 12.1 Å². The second-order valence-corrected chi connectivity index (χ2v) is 7.78. The maximum Gasteiger partial charge on any atom is 0.220 e. The lowest BCUT2D eigenvalue weighted by molar-refractivity contribution is -0.122. The minimum absolute atomic E-state index is 0.149. The SMILES string of the molecule is O=C(C[C@@H]1C[C@H]2CC[C@@H]1C2)NCc1cc(Cl)c2c(c1)OCCCO2. The Morgan fingerprint density at radius 2 is 2.08 bits per heavy atom. The monoisotopic (exact) mass is 349 g/mol. The van der Waals surface area contributed by atoms with Gasteiger partial charge < -0.3 is 14.8 Å². The first-order chi connectivity index (χ1) is 11.7. The molecule has 130 valence electrons. The van der Waals surface area contributed by atoms with Crippen LogP contribution in [0.1, 0.15) is 44.1 Å². The van der Waals surface area contributed by atoms with E-state index in [1.54, 1.807) is 0 Å². The molecular formula is C19H24ClNO3.